The first kappa shape index (κ1) is 12.3. The minimum Gasteiger partial charge on any atom is -0.376 e. The van der Waals surface area contributed by atoms with E-state index in [-0.39, 0.29) is 12.0 Å². The number of thioether (sulfide) groups is 1. The number of ether oxygens (including phenoxy) is 1. The smallest absolute Gasteiger partial charge is 0.237 e. The third-order valence-corrected chi connectivity index (χ3v) is 4.82. The van der Waals surface area contributed by atoms with Crippen molar-refractivity contribution >= 4 is 35.0 Å². The van der Waals surface area contributed by atoms with Gasteiger partial charge in [0.15, 0.2) is 0 Å². The van der Waals surface area contributed by atoms with Crippen LogP contribution in [0.4, 0.5) is 5.69 Å². The van der Waals surface area contributed by atoms with Gasteiger partial charge in [0, 0.05) is 6.61 Å². The third-order valence-electron chi connectivity index (χ3n) is 3.29. The molecule has 1 fully saturated rings. The highest BCUT2D eigenvalue weighted by Crippen LogP contribution is 2.40. The van der Waals surface area contributed by atoms with Crippen molar-refractivity contribution in [2.45, 2.75) is 23.8 Å². The molecule has 0 spiro atoms. The summed E-state index contributed by atoms with van der Waals surface area (Å²) in [4.78, 5) is 14.9. The summed E-state index contributed by atoms with van der Waals surface area (Å²) in [7, 11) is 0. The number of rotatable bonds is 2. The predicted octanol–water partition coefficient (Wildman–Crippen LogP) is 2.96. The Morgan fingerprint density at radius 3 is 3.17 bits per heavy atom. The van der Waals surface area contributed by atoms with Crippen LogP contribution in [-0.4, -0.2) is 30.9 Å². The maximum Gasteiger partial charge on any atom is 0.237 e. The van der Waals surface area contributed by atoms with Crippen LogP contribution in [0.15, 0.2) is 23.1 Å². The second kappa shape index (κ2) is 5.11. The SMILES string of the molecule is O=C1CSc2c(Cl)cccc2N1CC1CCCO1. The molecule has 2 heterocycles. The van der Waals surface area contributed by atoms with Crippen LogP contribution in [0, 0.1) is 0 Å². The van der Waals surface area contributed by atoms with E-state index < -0.39 is 0 Å². The van der Waals surface area contributed by atoms with E-state index in [0.29, 0.717) is 12.3 Å². The van der Waals surface area contributed by atoms with Crippen LogP contribution in [0.1, 0.15) is 12.8 Å². The number of nitrogens with zero attached hydrogens (tertiary/aromatic N) is 1. The van der Waals surface area contributed by atoms with Gasteiger partial charge in [-0.1, -0.05) is 17.7 Å². The Kier molecular flexibility index (Phi) is 3.50. The minimum atomic E-state index is 0.144. The van der Waals surface area contributed by atoms with Crippen molar-refractivity contribution in [3.05, 3.63) is 23.2 Å². The maximum absolute atomic E-state index is 12.1. The van der Waals surface area contributed by atoms with Crippen LogP contribution >= 0.6 is 23.4 Å². The fourth-order valence-electron chi connectivity index (χ4n) is 2.39. The molecule has 0 aliphatic carbocycles. The lowest BCUT2D eigenvalue weighted by Crippen LogP contribution is -2.40. The first-order valence-electron chi connectivity index (χ1n) is 6.09. The van der Waals surface area contributed by atoms with Gasteiger partial charge in [-0.15, -0.1) is 11.8 Å². The number of anilines is 1. The molecule has 96 valence electrons. The predicted molar refractivity (Wildman–Crippen MR) is 73.5 cm³/mol. The Hall–Kier alpha value is -0.710. The number of fused-ring (bicyclic) bond motifs is 1. The second-order valence-electron chi connectivity index (χ2n) is 4.52. The summed E-state index contributed by atoms with van der Waals surface area (Å²) in [6.45, 7) is 1.45. The van der Waals surface area contributed by atoms with Gasteiger partial charge < -0.3 is 9.64 Å². The zero-order chi connectivity index (χ0) is 12.5. The standard InChI is InChI=1S/C13H14ClNO2S/c14-10-4-1-5-11-13(10)18-8-12(16)15(11)7-9-3-2-6-17-9/h1,4-5,9H,2-3,6-8H2. The van der Waals surface area contributed by atoms with E-state index in [9.17, 15) is 4.79 Å². The zero-order valence-corrected chi connectivity index (χ0v) is 11.5. The summed E-state index contributed by atoms with van der Waals surface area (Å²) in [6, 6.07) is 5.72. The average Bonchev–Trinajstić information content (AvgIpc) is 2.86. The highest BCUT2D eigenvalue weighted by molar-refractivity contribution is 8.00. The molecule has 0 N–H and O–H groups in total. The molecule has 0 bridgehead atoms. The molecule has 2 aliphatic rings. The fourth-order valence-corrected chi connectivity index (χ4v) is 3.68. The molecule has 0 aromatic heterocycles. The number of halogens is 1. The highest BCUT2D eigenvalue weighted by Gasteiger charge is 2.29. The van der Waals surface area contributed by atoms with Crippen molar-refractivity contribution in [3.63, 3.8) is 0 Å². The van der Waals surface area contributed by atoms with E-state index in [1.54, 1.807) is 0 Å². The van der Waals surface area contributed by atoms with Gasteiger partial charge in [0.2, 0.25) is 5.91 Å². The van der Waals surface area contributed by atoms with E-state index in [2.05, 4.69) is 0 Å². The second-order valence-corrected chi connectivity index (χ2v) is 5.91. The van der Waals surface area contributed by atoms with Crippen LogP contribution in [-0.2, 0) is 9.53 Å². The number of carbonyl (C=O) groups excluding carboxylic acids is 1. The van der Waals surface area contributed by atoms with Crippen molar-refractivity contribution in [3.8, 4) is 0 Å². The number of amides is 1. The molecular formula is C13H14ClNO2S. The van der Waals surface area contributed by atoms with Crippen LogP contribution < -0.4 is 4.90 Å². The Bertz CT molecular complexity index is 474. The third kappa shape index (κ3) is 2.25. The minimum absolute atomic E-state index is 0.144. The number of hydrogen-bond donors (Lipinski definition) is 0. The molecule has 1 atom stereocenters. The van der Waals surface area contributed by atoms with Crippen molar-refractivity contribution in [1.82, 2.24) is 0 Å². The topological polar surface area (TPSA) is 29.5 Å². The summed E-state index contributed by atoms with van der Waals surface area (Å²) < 4.78 is 5.62. The molecule has 1 unspecified atom stereocenters. The summed E-state index contributed by atoms with van der Waals surface area (Å²) in [5, 5.41) is 0.724. The van der Waals surface area contributed by atoms with Gasteiger partial charge in [-0.2, -0.15) is 0 Å². The lowest BCUT2D eigenvalue weighted by Gasteiger charge is -2.31. The van der Waals surface area contributed by atoms with Gasteiger partial charge in [0.05, 0.1) is 34.0 Å². The van der Waals surface area contributed by atoms with Gasteiger partial charge in [-0.25, -0.2) is 0 Å². The van der Waals surface area contributed by atoms with E-state index in [0.717, 1.165) is 35.1 Å². The molecule has 2 aliphatic heterocycles. The van der Waals surface area contributed by atoms with Crippen LogP contribution in [0.25, 0.3) is 0 Å². The van der Waals surface area contributed by atoms with Crippen LogP contribution in [0.3, 0.4) is 0 Å². The van der Waals surface area contributed by atoms with Crippen LogP contribution in [0.2, 0.25) is 5.02 Å². The van der Waals surface area contributed by atoms with Crippen molar-refractivity contribution < 1.29 is 9.53 Å². The average molecular weight is 284 g/mol. The van der Waals surface area contributed by atoms with Gasteiger partial charge in [-0.05, 0) is 25.0 Å². The molecule has 1 saturated heterocycles. The van der Waals surface area contributed by atoms with E-state index in [1.807, 2.05) is 23.1 Å². The maximum atomic E-state index is 12.1. The molecule has 3 nitrogen and oxygen atoms in total. The van der Waals surface area contributed by atoms with Crippen molar-refractivity contribution in [2.75, 3.05) is 23.8 Å². The normalized spacial score (nSPS) is 23.3. The Morgan fingerprint density at radius 2 is 2.39 bits per heavy atom. The first-order valence-corrected chi connectivity index (χ1v) is 7.45. The molecule has 0 saturated carbocycles. The zero-order valence-electron chi connectivity index (χ0n) is 9.89. The number of carbonyl (C=O) groups is 1. The number of hydrogen-bond acceptors (Lipinski definition) is 3. The Balaban J connectivity index is 1.89. The van der Waals surface area contributed by atoms with Gasteiger partial charge >= 0.3 is 0 Å². The molecule has 3 rings (SSSR count). The highest BCUT2D eigenvalue weighted by atomic mass is 35.5. The van der Waals surface area contributed by atoms with E-state index in [4.69, 9.17) is 16.3 Å². The lowest BCUT2D eigenvalue weighted by molar-refractivity contribution is -0.116. The molecule has 1 amide bonds. The van der Waals surface area contributed by atoms with Crippen LogP contribution in [0.5, 0.6) is 0 Å². The summed E-state index contributed by atoms with van der Waals surface area (Å²) in [5.41, 5.74) is 0.930. The van der Waals surface area contributed by atoms with Crippen molar-refractivity contribution in [1.29, 1.82) is 0 Å². The molecular weight excluding hydrogens is 270 g/mol. The monoisotopic (exact) mass is 283 g/mol. The van der Waals surface area contributed by atoms with E-state index in [1.165, 1.54) is 11.8 Å². The number of benzene rings is 1. The summed E-state index contributed by atoms with van der Waals surface area (Å²) in [6.07, 6.45) is 2.29. The van der Waals surface area contributed by atoms with Gasteiger partial charge in [0.1, 0.15) is 0 Å². The van der Waals surface area contributed by atoms with Gasteiger partial charge in [0.25, 0.3) is 0 Å². The Labute approximate surface area is 115 Å². The Morgan fingerprint density at radius 1 is 1.50 bits per heavy atom. The quantitative estimate of drug-likeness (QED) is 0.836. The molecule has 0 radical (unpaired) electrons. The van der Waals surface area contributed by atoms with E-state index >= 15 is 0 Å². The summed E-state index contributed by atoms with van der Waals surface area (Å²) in [5.74, 6) is 0.606. The molecule has 5 heteroatoms. The largest absolute Gasteiger partial charge is 0.376 e. The van der Waals surface area contributed by atoms with Gasteiger partial charge in [-0.3, -0.25) is 4.79 Å². The molecule has 18 heavy (non-hydrogen) atoms. The first-order chi connectivity index (χ1) is 8.75. The molecule has 1 aromatic carbocycles. The summed E-state index contributed by atoms with van der Waals surface area (Å²) >= 11 is 7.70. The fraction of sp³-hybridized carbons (Fsp3) is 0.462. The molecule has 1 aromatic rings. The van der Waals surface area contributed by atoms with Crippen molar-refractivity contribution in [2.24, 2.45) is 0 Å². The lowest BCUT2D eigenvalue weighted by atomic mass is 10.2.